The predicted molar refractivity (Wildman–Crippen MR) is 103 cm³/mol. The third-order valence-corrected chi connectivity index (χ3v) is 4.24. The number of anilines is 2. The monoisotopic (exact) mass is 337 g/mol. The Bertz CT molecular complexity index is 825. The number of nitrogens with zero attached hydrogens (tertiary/aromatic N) is 2. The summed E-state index contributed by atoms with van der Waals surface area (Å²) in [6, 6.07) is 15.7. The molecule has 1 heterocycles. The van der Waals surface area contributed by atoms with E-state index in [-0.39, 0.29) is 5.91 Å². The molecule has 0 atom stereocenters. The van der Waals surface area contributed by atoms with E-state index in [1.165, 1.54) is 0 Å². The van der Waals surface area contributed by atoms with Crippen molar-refractivity contribution in [2.45, 2.75) is 6.92 Å². The largest absolute Gasteiger partial charge is 0.378 e. The zero-order valence-corrected chi connectivity index (χ0v) is 14.7. The fraction of sp³-hybridized carbons (Fsp3) is 0.158. The Kier molecular flexibility index (Phi) is 4.36. The highest BCUT2D eigenvalue weighted by molar-refractivity contribution is 7.80. The van der Waals surface area contributed by atoms with E-state index in [1.54, 1.807) is 4.90 Å². The molecule has 0 radical (unpaired) electrons. The summed E-state index contributed by atoms with van der Waals surface area (Å²) in [4.78, 5) is 16.3. The first-order valence-electron chi connectivity index (χ1n) is 7.67. The van der Waals surface area contributed by atoms with Gasteiger partial charge in [-0.15, -0.1) is 0 Å². The molecule has 1 fully saturated rings. The number of carbonyl (C=O) groups is 1. The smallest absolute Gasteiger partial charge is 0.281 e. The second-order valence-electron chi connectivity index (χ2n) is 5.90. The Labute approximate surface area is 147 Å². The third-order valence-electron chi connectivity index (χ3n) is 3.96. The van der Waals surface area contributed by atoms with Crippen LogP contribution in [0.4, 0.5) is 11.4 Å². The van der Waals surface area contributed by atoms with Gasteiger partial charge in [-0.05, 0) is 54.5 Å². The lowest BCUT2D eigenvalue weighted by Crippen LogP contribution is -2.30. The van der Waals surface area contributed by atoms with E-state index >= 15 is 0 Å². The van der Waals surface area contributed by atoms with Gasteiger partial charge in [-0.25, -0.2) is 0 Å². The van der Waals surface area contributed by atoms with Crippen molar-refractivity contribution >= 4 is 40.7 Å². The molecule has 3 rings (SSSR count). The quantitative estimate of drug-likeness (QED) is 0.688. The second kappa shape index (κ2) is 6.45. The number of aryl methyl sites for hydroxylation is 1. The number of nitrogens with one attached hydrogen (secondary N) is 1. The fourth-order valence-corrected chi connectivity index (χ4v) is 2.89. The lowest BCUT2D eigenvalue weighted by atomic mass is 10.1. The zero-order chi connectivity index (χ0) is 17.3. The molecule has 0 unspecified atom stereocenters. The predicted octanol–water partition coefficient (Wildman–Crippen LogP) is 3.32. The molecule has 4 nitrogen and oxygen atoms in total. The first-order valence-corrected chi connectivity index (χ1v) is 8.08. The molecule has 1 saturated heterocycles. The Hall–Kier alpha value is -2.66. The van der Waals surface area contributed by atoms with Crippen LogP contribution in [0.15, 0.2) is 54.2 Å². The minimum absolute atomic E-state index is 0.133. The number of para-hydroxylation sites is 1. The summed E-state index contributed by atoms with van der Waals surface area (Å²) in [6.45, 7) is 1.97. The molecule has 5 heteroatoms. The summed E-state index contributed by atoms with van der Waals surface area (Å²) in [5.74, 6) is -0.133. The normalized spacial score (nSPS) is 15.8. The molecule has 1 aliphatic rings. The van der Waals surface area contributed by atoms with E-state index in [4.69, 9.17) is 12.2 Å². The summed E-state index contributed by atoms with van der Waals surface area (Å²) < 4.78 is 0. The van der Waals surface area contributed by atoms with Crippen LogP contribution in [0.5, 0.6) is 0 Å². The molecule has 24 heavy (non-hydrogen) atoms. The summed E-state index contributed by atoms with van der Waals surface area (Å²) >= 11 is 5.35. The molecular weight excluding hydrogens is 318 g/mol. The third kappa shape index (κ3) is 3.03. The van der Waals surface area contributed by atoms with Crippen molar-refractivity contribution in [3.05, 3.63) is 65.4 Å². The molecule has 0 spiro atoms. The zero-order valence-electron chi connectivity index (χ0n) is 13.9. The van der Waals surface area contributed by atoms with Crippen molar-refractivity contribution < 1.29 is 4.79 Å². The first-order chi connectivity index (χ1) is 11.5. The molecule has 1 amide bonds. The number of hydrogen-bond donors (Lipinski definition) is 1. The maximum absolute atomic E-state index is 12.7. The molecule has 0 aliphatic carbocycles. The lowest BCUT2D eigenvalue weighted by molar-refractivity contribution is -0.113. The maximum Gasteiger partial charge on any atom is 0.281 e. The van der Waals surface area contributed by atoms with Crippen molar-refractivity contribution in [3.8, 4) is 0 Å². The molecular formula is C19H19N3OS. The van der Waals surface area contributed by atoms with Crippen LogP contribution in [-0.4, -0.2) is 25.1 Å². The van der Waals surface area contributed by atoms with E-state index in [9.17, 15) is 4.79 Å². The average molecular weight is 337 g/mol. The van der Waals surface area contributed by atoms with Gasteiger partial charge in [0.1, 0.15) is 5.70 Å². The first kappa shape index (κ1) is 16.2. The van der Waals surface area contributed by atoms with Crippen LogP contribution in [-0.2, 0) is 4.79 Å². The fourth-order valence-electron chi connectivity index (χ4n) is 2.60. The number of benzene rings is 2. The van der Waals surface area contributed by atoms with Gasteiger partial charge in [0, 0.05) is 19.8 Å². The van der Waals surface area contributed by atoms with Gasteiger partial charge in [0.25, 0.3) is 5.91 Å². The number of amides is 1. The van der Waals surface area contributed by atoms with Gasteiger partial charge < -0.3 is 10.2 Å². The lowest BCUT2D eigenvalue weighted by Gasteiger charge is -2.16. The van der Waals surface area contributed by atoms with Crippen molar-refractivity contribution in [3.63, 3.8) is 0 Å². The molecule has 0 aromatic heterocycles. The highest BCUT2D eigenvalue weighted by Gasteiger charge is 2.32. The van der Waals surface area contributed by atoms with Crippen molar-refractivity contribution in [2.24, 2.45) is 0 Å². The maximum atomic E-state index is 12.7. The molecule has 1 aliphatic heterocycles. The average Bonchev–Trinajstić information content (AvgIpc) is 2.83. The van der Waals surface area contributed by atoms with Crippen LogP contribution < -0.4 is 15.1 Å². The van der Waals surface area contributed by atoms with E-state index in [0.29, 0.717) is 10.8 Å². The Morgan fingerprint density at radius 2 is 1.75 bits per heavy atom. The van der Waals surface area contributed by atoms with E-state index < -0.39 is 0 Å². The standard InChI is InChI=1S/C19H19N3OS/c1-13-6-4-5-7-17(13)22-18(23)16(20-19(22)24)12-14-8-10-15(11-9-14)21(2)3/h4-12H,1-3H3,(H,20,24)/b16-12+. The second-order valence-corrected chi connectivity index (χ2v) is 6.29. The molecule has 2 aromatic carbocycles. The molecule has 0 bridgehead atoms. The Morgan fingerprint density at radius 3 is 2.38 bits per heavy atom. The molecule has 2 aromatic rings. The van der Waals surface area contributed by atoms with Gasteiger partial charge in [0.05, 0.1) is 5.69 Å². The summed E-state index contributed by atoms with van der Waals surface area (Å²) in [6.07, 6.45) is 1.83. The minimum atomic E-state index is -0.133. The Morgan fingerprint density at radius 1 is 1.08 bits per heavy atom. The highest BCUT2D eigenvalue weighted by Crippen LogP contribution is 2.25. The van der Waals surface area contributed by atoms with E-state index in [1.807, 2.05) is 80.5 Å². The highest BCUT2D eigenvalue weighted by atomic mass is 32.1. The molecule has 122 valence electrons. The van der Waals surface area contributed by atoms with Gasteiger partial charge in [0.15, 0.2) is 5.11 Å². The van der Waals surface area contributed by atoms with Crippen molar-refractivity contribution in [1.82, 2.24) is 5.32 Å². The van der Waals surface area contributed by atoms with Crippen molar-refractivity contribution in [2.75, 3.05) is 23.9 Å². The van der Waals surface area contributed by atoms with Crippen LogP contribution in [0, 0.1) is 6.92 Å². The van der Waals surface area contributed by atoms with Crippen LogP contribution in [0.2, 0.25) is 0 Å². The number of rotatable bonds is 3. The van der Waals surface area contributed by atoms with Gasteiger partial charge in [0.2, 0.25) is 0 Å². The van der Waals surface area contributed by atoms with Crippen LogP contribution in [0.1, 0.15) is 11.1 Å². The SMILES string of the molecule is Cc1ccccc1N1C(=O)/C(=C\c2ccc(N(C)C)cc2)NC1=S. The summed E-state index contributed by atoms with van der Waals surface area (Å²) in [5, 5.41) is 3.43. The summed E-state index contributed by atoms with van der Waals surface area (Å²) in [5.41, 5.74) is 4.37. The van der Waals surface area contributed by atoms with Crippen LogP contribution >= 0.6 is 12.2 Å². The van der Waals surface area contributed by atoms with Gasteiger partial charge >= 0.3 is 0 Å². The number of carbonyl (C=O) groups excluding carboxylic acids is 1. The van der Waals surface area contributed by atoms with E-state index in [0.717, 1.165) is 22.5 Å². The van der Waals surface area contributed by atoms with Crippen molar-refractivity contribution in [1.29, 1.82) is 0 Å². The van der Waals surface area contributed by atoms with Gasteiger partial charge in [-0.2, -0.15) is 0 Å². The molecule has 0 saturated carbocycles. The Balaban J connectivity index is 1.90. The van der Waals surface area contributed by atoms with Gasteiger partial charge in [-0.1, -0.05) is 30.3 Å². The van der Waals surface area contributed by atoms with E-state index in [2.05, 4.69) is 5.32 Å². The minimum Gasteiger partial charge on any atom is -0.378 e. The van der Waals surface area contributed by atoms with Crippen LogP contribution in [0.25, 0.3) is 6.08 Å². The number of hydrogen-bond acceptors (Lipinski definition) is 3. The summed E-state index contributed by atoms with van der Waals surface area (Å²) in [7, 11) is 3.99. The topological polar surface area (TPSA) is 35.6 Å². The van der Waals surface area contributed by atoms with Gasteiger partial charge in [-0.3, -0.25) is 9.69 Å². The van der Waals surface area contributed by atoms with Crippen LogP contribution in [0.3, 0.4) is 0 Å². The molecule has 1 N–H and O–H groups in total. The number of thiocarbonyl (C=S) groups is 1.